The maximum Gasteiger partial charge on any atom is 0.490 e. The number of pyridine rings is 1. The number of aryl methyl sites for hydroxylation is 1. The number of carbonyl (C=O) groups excluding carboxylic acids is 1. The summed E-state index contributed by atoms with van der Waals surface area (Å²) in [6.45, 7) is 8.18. The Kier molecular flexibility index (Phi) is 7.75. The van der Waals surface area contributed by atoms with Crippen LogP contribution in [-0.2, 0) is 4.79 Å². The summed E-state index contributed by atoms with van der Waals surface area (Å²) in [5, 5.41) is 9.94. The Hall–Kier alpha value is -4.33. The van der Waals surface area contributed by atoms with E-state index in [1.807, 2.05) is 6.07 Å². The lowest BCUT2D eigenvalue weighted by atomic mass is 10.0. The van der Waals surface area contributed by atoms with Gasteiger partial charge in [-0.2, -0.15) is 13.2 Å². The number of anilines is 2. The summed E-state index contributed by atoms with van der Waals surface area (Å²) < 4.78 is 47.8. The molecule has 3 aromatic heterocycles. The number of piperazine rings is 1. The summed E-state index contributed by atoms with van der Waals surface area (Å²) in [5.41, 5.74) is 3.89. The number of amides is 1. The first kappa shape index (κ1) is 29.2. The molecule has 6 rings (SSSR count). The Labute approximate surface area is 238 Å². The lowest BCUT2D eigenvalue weighted by Crippen LogP contribution is -2.57. The molecule has 2 N–H and O–H groups in total. The third-order valence-electron chi connectivity index (χ3n) is 7.27. The van der Waals surface area contributed by atoms with Crippen molar-refractivity contribution in [3.05, 3.63) is 60.1 Å². The van der Waals surface area contributed by atoms with Crippen LogP contribution in [0.1, 0.15) is 42.7 Å². The van der Waals surface area contributed by atoms with E-state index in [0.717, 1.165) is 24.8 Å². The Bertz CT molecular complexity index is 1640. The van der Waals surface area contributed by atoms with Crippen LogP contribution in [0.3, 0.4) is 0 Å². The zero-order valence-electron chi connectivity index (χ0n) is 23.1. The molecule has 2 atom stereocenters. The van der Waals surface area contributed by atoms with Crippen molar-refractivity contribution in [2.45, 2.75) is 57.9 Å². The summed E-state index contributed by atoms with van der Waals surface area (Å²) >= 11 is 0. The molecule has 0 bridgehead atoms. The average Bonchev–Trinajstić information content (AvgIpc) is 3.67. The van der Waals surface area contributed by atoms with Crippen molar-refractivity contribution in [3.63, 3.8) is 0 Å². The van der Waals surface area contributed by atoms with Crippen LogP contribution in [0.2, 0.25) is 0 Å². The van der Waals surface area contributed by atoms with Crippen LogP contribution in [-0.4, -0.2) is 78.6 Å². The van der Waals surface area contributed by atoms with Crippen molar-refractivity contribution < 1.29 is 32.3 Å². The topological polar surface area (TPSA) is 116 Å². The van der Waals surface area contributed by atoms with E-state index in [9.17, 15) is 22.4 Å². The van der Waals surface area contributed by atoms with E-state index in [4.69, 9.17) is 9.90 Å². The number of rotatable bonds is 4. The zero-order valence-corrected chi connectivity index (χ0v) is 23.1. The second-order valence-corrected chi connectivity index (χ2v) is 10.6. The van der Waals surface area contributed by atoms with Crippen LogP contribution >= 0.6 is 0 Å². The maximum atomic E-state index is 14.5. The number of hydrogen-bond acceptors (Lipinski definition) is 7. The van der Waals surface area contributed by atoms with Crippen molar-refractivity contribution in [1.82, 2.24) is 24.3 Å². The summed E-state index contributed by atoms with van der Waals surface area (Å²) in [7, 11) is 0. The number of hydrogen-bond donors (Lipinski definition) is 2. The number of carboxylic acid groups (broad SMARTS) is 1. The van der Waals surface area contributed by atoms with Gasteiger partial charge < -0.3 is 19.7 Å². The van der Waals surface area contributed by atoms with Gasteiger partial charge in [0.05, 0.1) is 22.6 Å². The molecule has 0 radical (unpaired) electrons. The molecule has 42 heavy (non-hydrogen) atoms. The van der Waals surface area contributed by atoms with Gasteiger partial charge in [0, 0.05) is 62.1 Å². The largest absolute Gasteiger partial charge is 0.490 e. The number of imidazole rings is 1. The van der Waals surface area contributed by atoms with E-state index in [-0.39, 0.29) is 11.6 Å². The second kappa shape index (κ2) is 11.2. The molecule has 1 saturated heterocycles. The molecule has 1 aliphatic heterocycles. The van der Waals surface area contributed by atoms with Crippen LogP contribution in [0, 0.1) is 12.7 Å². The van der Waals surface area contributed by atoms with E-state index < -0.39 is 18.0 Å². The van der Waals surface area contributed by atoms with E-state index in [0.29, 0.717) is 40.1 Å². The Balaban J connectivity index is 0.000000451. The van der Waals surface area contributed by atoms with Crippen molar-refractivity contribution in [2.75, 3.05) is 23.3 Å². The number of halogens is 4. The first-order valence-electron chi connectivity index (χ1n) is 13.4. The number of aromatic nitrogens is 4. The highest BCUT2D eigenvalue weighted by Gasteiger charge is 2.40. The number of nitrogens with one attached hydrogen (secondary N) is 1. The number of nitrogens with zero attached hydrogens (tertiary/aromatic N) is 6. The lowest BCUT2D eigenvalue weighted by Gasteiger charge is -2.45. The molecular weight excluding hydrogens is 558 g/mol. The third kappa shape index (κ3) is 5.98. The highest BCUT2D eigenvalue weighted by Crippen LogP contribution is 2.36. The molecule has 222 valence electrons. The molecule has 4 heterocycles. The van der Waals surface area contributed by atoms with Gasteiger partial charge in [0.25, 0.3) is 5.91 Å². The minimum atomic E-state index is -5.08. The maximum absolute atomic E-state index is 14.5. The summed E-state index contributed by atoms with van der Waals surface area (Å²) in [6.07, 6.45) is 4.13. The zero-order chi connectivity index (χ0) is 30.3. The molecule has 1 saturated carbocycles. The van der Waals surface area contributed by atoms with Gasteiger partial charge in [0.2, 0.25) is 0 Å². The van der Waals surface area contributed by atoms with E-state index >= 15 is 0 Å². The van der Waals surface area contributed by atoms with Crippen LogP contribution in [0.15, 0.2) is 43.0 Å². The quantitative estimate of drug-likeness (QED) is 0.331. The fourth-order valence-electron chi connectivity index (χ4n) is 5.55. The second-order valence-electron chi connectivity index (χ2n) is 10.6. The SMILES string of the molecule is Cc1cn2cc(NC(=O)c3ccc(N4C[C@@H](C)N(C5CC5)[C@@H](C)C4)c4nccnc34)cc(F)c2n1.O=C(O)C(F)(F)F. The normalized spacial score (nSPS) is 19.5. The molecule has 0 spiro atoms. The average molecular weight is 588 g/mol. The highest BCUT2D eigenvalue weighted by molar-refractivity contribution is 6.13. The standard InChI is InChI=1S/C26H28FN7O.C2HF3O2/c1-15-11-33-14-18(10-21(27)25(33)30-15)31-26(35)20-6-7-22(24-23(20)28-8-9-29-24)32-12-16(2)34(17(3)13-32)19-4-5-19;3-2(4,5)1(6)7/h6-11,14,16-17,19H,4-5,12-13H2,1-3H3,(H,31,35);(H,6,7)/t16-,17+;. The summed E-state index contributed by atoms with van der Waals surface area (Å²) in [6, 6.07) is 6.64. The molecule has 1 aliphatic carbocycles. The van der Waals surface area contributed by atoms with E-state index in [1.165, 1.54) is 18.9 Å². The van der Waals surface area contributed by atoms with Crippen LogP contribution in [0.4, 0.5) is 28.9 Å². The molecule has 2 fully saturated rings. The van der Waals surface area contributed by atoms with Crippen molar-refractivity contribution >= 4 is 39.9 Å². The van der Waals surface area contributed by atoms with Crippen LogP contribution in [0.25, 0.3) is 16.7 Å². The van der Waals surface area contributed by atoms with Gasteiger partial charge in [0.1, 0.15) is 11.0 Å². The van der Waals surface area contributed by atoms with Gasteiger partial charge in [-0.05, 0) is 45.7 Å². The lowest BCUT2D eigenvalue weighted by molar-refractivity contribution is -0.192. The van der Waals surface area contributed by atoms with Crippen molar-refractivity contribution in [1.29, 1.82) is 0 Å². The van der Waals surface area contributed by atoms with Gasteiger partial charge in [0.15, 0.2) is 11.5 Å². The van der Waals surface area contributed by atoms with Gasteiger partial charge in [-0.15, -0.1) is 0 Å². The predicted molar refractivity (Wildman–Crippen MR) is 147 cm³/mol. The fraction of sp³-hybridized carbons (Fsp3) is 0.393. The Morgan fingerprint density at radius 1 is 1.02 bits per heavy atom. The highest BCUT2D eigenvalue weighted by atomic mass is 19.4. The van der Waals surface area contributed by atoms with E-state index in [1.54, 1.807) is 42.2 Å². The predicted octanol–water partition coefficient (Wildman–Crippen LogP) is 4.67. The van der Waals surface area contributed by atoms with Gasteiger partial charge in [-0.25, -0.2) is 14.2 Å². The molecule has 0 unspecified atom stereocenters. The fourth-order valence-corrected chi connectivity index (χ4v) is 5.55. The number of fused-ring (bicyclic) bond motifs is 2. The van der Waals surface area contributed by atoms with E-state index in [2.05, 4.69) is 43.9 Å². The summed E-state index contributed by atoms with van der Waals surface area (Å²) in [5.74, 6) is -3.62. The number of alkyl halides is 3. The van der Waals surface area contributed by atoms with Gasteiger partial charge in [-0.3, -0.25) is 19.7 Å². The minimum Gasteiger partial charge on any atom is -0.475 e. The number of aliphatic carboxylic acids is 1. The van der Waals surface area contributed by atoms with Crippen LogP contribution in [0.5, 0.6) is 0 Å². The van der Waals surface area contributed by atoms with Gasteiger partial charge >= 0.3 is 12.1 Å². The molecule has 4 aromatic rings. The first-order chi connectivity index (χ1) is 19.8. The molecule has 2 aliphatic rings. The third-order valence-corrected chi connectivity index (χ3v) is 7.27. The summed E-state index contributed by atoms with van der Waals surface area (Å²) in [4.78, 5) is 40.4. The molecule has 1 aromatic carbocycles. The van der Waals surface area contributed by atoms with Crippen molar-refractivity contribution in [2.24, 2.45) is 0 Å². The van der Waals surface area contributed by atoms with Crippen LogP contribution < -0.4 is 10.2 Å². The molecule has 10 nitrogen and oxygen atoms in total. The Morgan fingerprint density at radius 2 is 1.64 bits per heavy atom. The molecule has 1 amide bonds. The first-order valence-corrected chi connectivity index (χ1v) is 13.4. The van der Waals surface area contributed by atoms with Gasteiger partial charge in [-0.1, -0.05) is 0 Å². The molecular formula is C28H29F4N7O3. The minimum absolute atomic E-state index is 0.228. The smallest absolute Gasteiger partial charge is 0.475 e. The number of benzene rings is 1. The monoisotopic (exact) mass is 587 g/mol. The Morgan fingerprint density at radius 3 is 2.24 bits per heavy atom. The molecule has 14 heteroatoms. The number of carbonyl (C=O) groups is 2. The number of carboxylic acids is 1. The van der Waals surface area contributed by atoms with Crippen molar-refractivity contribution in [3.8, 4) is 0 Å².